The van der Waals surface area contributed by atoms with Gasteiger partial charge in [-0.1, -0.05) is 36.9 Å². The summed E-state index contributed by atoms with van der Waals surface area (Å²) in [7, 11) is 0. The second kappa shape index (κ2) is 4.51. The van der Waals surface area contributed by atoms with Gasteiger partial charge in [0.15, 0.2) is 0 Å². The van der Waals surface area contributed by atoms with Gasteiger partial charge in [-0.05, 0) is 25.1 Å². The summed E-state index contributed by atoms with van der Waals surface area (Å²) in [5.74, 6) is 0.496. The van der Waals surface area contributed by atoms with Crippen LogP contribution in [-0.4, -0.2) is 17.1 Å². The van der Waals surface area contributed by atoms with Gasteiger partial charge in [-0.2, -0.15) is 6.07 Å². The van der Waals surface area contributed by atoms with Gasteiger partial charge in [-0.15, -0.1) is 23.3 Å². The maximum Gasteiger partial charge on any atom is 0.100 e. The van der Waals surface area contributed by atoms with Crippen LogP contribution in [0.5, 0.6) is 0 Å². The molecule has 0 spiro atoms. The van der Waals surface area contributed by atoms with Crippen LogP contribution in [-0.2, 0) is 6.54 Å². The first-order chi connectivity index (χ1) is 10.2. The third-order valence-electron chi connectivity index (χ3n) is 5.34. The monoisotopic (exact) mass is 275 g/mol. The summed E-state index contributed by atoms with van der Waals surface area (Å²) in [6, 6.07) is 18.4. The zero-order chi connectivity index (χ0) is 14.4. The molecule has 2 bridgehead atoms. The third kappa shape index (κ3) is 1.71. The van der Waals surface area contributed by atoms with Gasteiger partial charge in [0, 0.05) is 11.5 Å². The van der Waals surface area contributed by atoms with Gasteiger partial charge in [0.1, 0.15) is 6.54 Å². The molecular weight excluding hydrogens is 254 g/mol. The van der Waals surface area contributed by atoms with Crippen LogP contribution in [0.2, 0.25) is 0 Å². The Balaban J connectivity index is 1.98. The molecule has 0 radical (unpaired) electrons. The van der Waals surface area contributed by atoms with Crippen LogP contribution in [0.25, 0.3) is 0 Å². The van der Waals surface area contributed by atoms with Crippen molar-refractivity contribution < 1.29 is 4.48 Å². The van der Waals surface area contributed by atoms with Crippen LogP contribution >= 0.6 is 0 Å². The molecular formula is C20H21N. The van der Waals surface area contributed by atoms with Crippen molar-refractivity contribution in [2.45, 2.75) is 25.4 Å². The molecule has 1 heteroatoms. The van der Waals surface area contributed by atoms with Gasteiger partial charge in [0.2, 0.25) is 0 Å². The lowest BCUT2D eigenvalue weighted by atomic mass is 9.73. The number of benzene rings is 2. The summed E-state index contributed by atoms with van der Waals surface area (Å²) in [4.78, 5) is 0. The Bertz CT molecular complexity index is 651. The zero-order valence-electron chi connectivity index (χ0n) is 12.5. The van der Waals surface area contributed by atoms with Gasteiger partial charge < -0.3 is 4.48 Å². The average molecular weight is 275 g/mol. The number of hydrogen-bond acceptors (Lipinski definition) is 0. The highest BCUT2D eigenvalue weighted by atomic mass is 15.4. The molecule has 2 heterocycles. The smallest absolute Gasteiger partial charge is 0.100 e. The fourth-order valence-corrected chi connectivity index (χ4v) is 4.30. The minimum Gasteiger partial charge on any atom is -0.336 e. The van der Waals surface area contributed by atoms with E-state index in [2.05, 4.69) is 74.7 Å². The minimum atomic E-state index is 0.496. The Morgan fingerprint density at radius 2 is 1.86 bits per heavy atom. The molecule has 4 rings (SSSR count). The maximum absolute atomic E-state index is 4.01. The van der Waals surface area contributed by atoms with Gasteiger partial charge >= 0.3 is 0 Å². The Morgan fingerprint density at radius 3 is 2.67 bits per heavy atom. The number of nitrogens with zero attached hydrogens (tertiary/aromatic N) is 1. The quantitative estimate of drug-likeness (QED) is 0.437. The van der Waals surface area contributed by atoms with E-state index in [-0.39, 0.29) is 0 Å². The zero-order valence-corrected chi connectivity index (χ0v) is 12.5. The van der Waals surface area contributed by atoms with E-state index in [1.165, 1.54) is 22.3 Å². The Labute approximate surface area is 127 Å². The van der Waals surface area contributed by atoms with Crippen molar-refractivity contribution in [2.24, 2.45) is 0 Å². The molecule has 106 valence electrons. The molecule has 0 saturated carbocycles. The van der Waals surface area contributed by atoms with Crippen LogP contribution in [0.1, 0.15) is 35.1 Å². The first-order valence-electron chi connectivity index (χ1n) is 7.75. The van der Waals surface area contributed by atoms with Crippen LogP contribution < -0.4 is 0 Å². The normalized spacial score (nSPS) is 29.0. The average Bonchev–Trinajstić information content (AvgIpc) is 2.48. The Hall–Kier alpha value is -1.99. The van der Waals surface area contributed by atoms with Gasteiger partial charge in [0.05, 0.1) is 12.6 Å². The van der Waals surface area contributed by atoms with Crippen molar-refractivity contribution in [3.05, 3.63) is 90.0 Å². The van der Waals surface area contributed by atoms with Gasteiger partial charge in [0.25, 0.3) is 0 Å². The molecule has 0 saturated heterocycles. The van der Waals surface area contributed by atoms with E-state index < -0.39 is 0 Å². The molecule has 0 N–H and O–H groups in total. The molecule has 21 heavy (non-hydrogen) atoms. The number of hydrogen-bond donors (Lipinski definition) is 0. The second-order valence-electron chi connectivity index (χ2n) is 6.41. The molecule has 2 aromatic rings. The lowest BCUT2D eigenvalue weighted by molar-refractivity contribution is -0.932. The summed E-state index contributed by atoms with van der Waals surface area (Å²) in [6.45, 7) is 11.0. The molecule has 0 aliphatic carbocycles. The van der Waals surface area contributed by atoms with Crippen molar-refractivity contribution >= 4 is 0 Å². The van der Waals surface area contributed by atoms with E-state index in [1.54, 1.807) is 0 Å². The van der Waals surface area contributed by atoms with Crippen LogP contribution in [0.15, 0.2) is 61.2 Å². The van der Waals surface area contributed by atoms with Crippen LogP contribution in [0.4, 0.5) is 0 Å². The molecule has 1 nitrogen and oxygen atoms in total. The molecule has 2 aliphatic heterocycles. The number of fused-ring (bicyclic) bond motifs is 6. The first kappa shape index (κ1) is 12.7. The van der Waals surface area contributed by atoms with E-state index in [9.17, 15) is 0 Å². The summed E-state index contributed by atoms with van der Waals surface area (Å²) in [5.41, 5.74) is 5.89. The second-order valence-corrected chi connectivity index (χ2v) is 6.41. The summed E-state index contributed by atoms with van der Waals surface area (Å²) in [6.07, 6.45) is 2.08. The highest BCUT2D eigenvalue weighted by Crippen LogP contribution is 2.48. The number of rotatable bonds is 2. The Kier molecular flexibility index (Phi) is 2.73. The van der Waals surface area contributed by atoms with E-state index in [0.29, 0.717) is 12.0 Å². The molecule has 2 aromatic carbocycles. The highest BCUT2D eigenvalue weighted by molar-refractivity contribution is 5.47. The fourth-order valence-electron chi connectivity index (χ4n) is 4.30. The largest absolute Gasteiger partial charge is 0.336 e. The minimum absolute atomic E-state index is 0.496. The fraction of sp³-hybridized carbons (Fsp3) is 0.250. The van der Waals surface area contributed by atoms with Crippen LogP contribution in [0, 0.1) is 6.54 Å². The number of quaternary nitrogens is 1. The standard InChI is InChI=1S/C20H21N/c1-3-12-21-13-16-8-4-6-10-18(16)20(15(21)2)19-11-7-5-9-17(19)14-21/h3-11,13,15,20H,1,12,14H2,2H3/t15-,20?,21+/m0/s1. The van der Waals surface area contributed by atoms with E-state index >= 15 is 0 Å². The van der Waals surface area contributed by atoms with E-state index in [0.717, 1.165) is 17.6 Å². The molecule has 2 aliphatic rings. The van der Waals surface area contributed by atoms with Crippen molar-refractivity contribution in [1.29, 1.82) is 0 Å². The lowest BCUT2D eigenvalue weighted by Gasteiger charge is -2.57. The van der Waals surface area contributed by atoms with Gasteiger partial charge in [-0.25, -0.2) is 0 Å². The topological polar surface area (TPSA) is 0 Å². The van der Waals surface area contributed by atoms with Crippen molar-refractivity contribution in [1.82, 2.24) is 0 Å². The van der Waals surface area contributed by atoms with Gasteiger partial charge in [-0.3, -0.25) is 0 Å². The molecule has 0 amide bonds. The maximum atomic E-state index is 4.01. The Morgan fingerprint density at radius 1 is 1.14 bits per heavy atom. The molecule has 0 fully saturated rings. The predicted molar refractivity (Wildman–Crippen MR) is 86.6 cm³/mol. The molecule has 0 aromatic heterocycles. The summed E-state index contributed by atoms with van der Waals surface area (Å²) < 4.78 is 1.00. The summed E-state index contributed by atoms with van der Waals surface area (Å²) in [5, 5.41) is 0. The highest BCUT2D eigenvalue weighted by Gasteiger charge is 2.45. The van der Waals surface area contributed by atoms with E-state index in [4.69, 9.17) is 0 Å². The summed E-state index contributed by atoms with van der Waals surface area (Å²) >= 11 is 0. The van der Waals surface area contributed by atoms with Crippen molar-refractivity contribution in [3.63, 3.8) is 0 Å². The predicted octanol–water partition coefficient (Wildman–Crippen LogP) is 4.25. The molecule has 3 atom stereocenters. The third-order valence-corrected chi connectivity index (χ3v) is 5.34. The lowest BCUT2D eigenvalue weighted by Crippen LogP contribution is -2.59. The van der Waals surface area contributed by atoms with Crippen LogP contribution in [0.3, 0.4) is 0 Å². The van der Waals surface area contributed by atoms with Crippen molar-refractivity contribution in [3.8, 4) is 0 Å². The SMILES string of the molecule is C=CC[N@@+]12[CH-]c3ccccc3C(c3ccccc3C1)[C@@H]2C. The van der Waals surface area contributed by atoms with Crippen molar-refractivity contribution in [2.75, 3.05) is 6.54 Å². The molecule has 1 unspecified atom stereocenters. The first-order valence-corrected chi connectivity index (χ1v) is 7.75. The van der Waals surface area contributed by atoms with E-state index in [1.807, 2.05) is 0 Å².